The molecular weight excluding hydrogens is 306 g/mol. The average Bonchev–Trinajstić information content (AvgIpc) is 3.07. The Bertz CT molecular complexity index is 556. The minimum atomic E-state index is 0.122. The van der Waals surface area contributed by atoms with Gasteiger partial charge >= 0.3 is 0 Å². The predicted octanol–water partition coefficient (Wildman–Crippen LogP) is 2.87. The second-order valence-electron chi connectivity index (χ2n) is 8.29. The fourth-order valence-corrected chi connectivity index (χ4v) is 6.84. The van der Waals surface area contributed by atoms with Crippen molar-refractivity contribution in [3.63, 3.8) is 0 Å². The third-order valence-electron chi connectivity index (χ3n) is 6.90. The van der Waals surface area contributed by atoms with Crippen molar-refractivity contribution in [3.05, 3.63) is 16.6 Å². The van der Waals surface area contributed by atoms with Gasteiger partial charge in [0.25, 0.3) is 5.91 Å². The quantitative estimate of drug-likeness (QED) is 0.836. The summed E-state index contributed by atoms with van der Waals surface area (Å²) in [6.07, 6.45) is 8.79. The maximum absolute atomic E-state index is 12.5. The summed E-state index contributed by atoms with van der Waals surface area (Å²) in [6, 6.07) is 0. The zero-order chi connectivity index (χ0) is 15.4. The first kappa shape index (κ1) is 14.4. The van der Waals surface area contributed by atoms with Crippen LogP contribution in [-0.4, -0.2) is 52.4 Å². The molecule has 1 aromatic rings. The summed E-state index contributed by atoms with van der Waals surface area (Å²) in [5, 5.41) is 1.87. The van der Waals surface area contributed by atoms with E-state index < -0.39 is 0 Å². The molecule has 0 aromatic carbocycles. The molecule has 1 amide bonds. The first-order chi connectivity index (χ1) is 11.2. The molecule has 0 N–H and O–H groups in total. The van der Waals surface area contributed by atoms with Crippen LogP contribution in [0.2, 0.25) is 0 Å². The van der Waals surface area contributed by atoms with Crippen LogP contribution in [0.15, 0.2) is 10.9 Å². The van der Waals surface area contributed by atoms with Crippen molar-refractivity contribution < 1.29 is 4.79 Å². The van der Waals surface area contributed by atoms with Gasteiger partial charge in [-0.3, -0.25) is 9.69 Å². The summed E-state index contributed by atoms with van der Waals surface area (Å²) in [6.45, 7) is 3.86. The maximum atomic E-state index is 12.5. The molecule has 0 spiro atoms. The maximum Gasteiger partial charge on any atom is 0.273 e. The Hall–Kier alpha value is -0.940. The normalized spacial score (nSPS) is 39.8. The summed E-state index contributed by atoms with van der Waals surface area (Å²) in [5.74, 6) is 3.11. The molecule has 23 heavy (non-hydrogen) atoms. The van der Waals surface area contributed by atoms with Crippen molar-refractivity contribution in [2.45, 2.75) is 44.1 Å². The number of hydrogen-bond acceptors (Lipinski definition) is 4. The van der Waals surface area contributed by atoms with E-state index >= 15 is 0 Å². The number of nitrogens with zero attached hydrogens (tertiary/aromatic N) is 3. The molecule has 124 valence electrons. The van der Waals surface area contributed by atoms with Gasteiger partial charge in [-0.15, -0.1) is 11.3 Å². The summed E-state index contributed by atoms with van der Waals surface area (Å²) < 4.78 is 0. The van der Waals surface area contributed by atoms with E-state index in [1.165, 1.54) is 49.9 Å². The van der Waals surface area contributed by atoms with Crippen LogP contribution in [0.1, 0.15) is 49.0 Å². The highest BCUT2D eigenvalue weighted by Gasteiger charge is 2.53. The van der Waals surface area contributed by atoms with Crippen molar-refractivity contribution in [2.24, 2.45) is 17.8 Å². The van der Waals surface area contributed by atoms with Gasteiger partial charge in [-0.05, 0) is 56.3 Å². The fraction of sp³-hybridized carbons (Fsp3) is 0.778. The lowest BCUT2D eigenvalue weighted by molar-refractivity contribution is -0.0987. The van der Waals surface area contributed by atoms with E-state index in [-0.39, 0.29) is 5.91 Å². The number of piperazine rings is 1. The van der Waals surface area contributed by atoms with Gasteiger partial charge in [0.15, 0.2) is 0 Å². The highest BCUT2D eigenvalue weighted by atomic mass is 32.1. The molecule has 1 aromatic heterocycles. The monoisotopic (exact) mass is 331 g/mol. The molecule has 4 aliphatic carbocycles. The van der Waals surface area contributed by atoms with Crippen LogP contribution in [-0.2, 0) is 0 Å². The Balaban J connectivity index is 1.27. The molecule has 6 rings (SSSR count). The molecule has 2 heterocycles. The van der Waals surface area contributed by atoms with Crippen LogP contribution in [0, 0.1) is 17.8 Å². The van der Waals surface area contributed by atoms with Crippen molar-refractivity contribution in [2.75, 3.05) is 26.2 Å². The number of thiazole rings is 1. The van der Waals surface area contributed by atoms with Gasteiger partial charge in [0.1, 0.15) is 5.69 Å². The van der Waals surface area contributed by atoms with E-state index in [0.29, 0.717) is 11.2 Å². The summed E-state index contributed by atoms with van der Waals surface area (Å²) in [5.41, 5.74) is 2.86. The number of hydrogen-bond donors (Lipinski definition) is 0. The third-order valence-corrected chi connectivity index (χ3v) is 7.48. The molecule has 4 saturated carbocycles. The molecular formula is C18H25N3OS. The number of carbonyl (C=O) groups excluding carboxylic acids is 1. The van der Waals surface area contributed by atoms with Crippen LogP contribution in [0.4, 0.5) is 0 Å². The minimum Gasteiger partial charge on any atom is -0.335 e. The molecule has 1 aliphatic heterocycles. The number of amides is 1. The van der Waals surface area contributed by atoms with E-state index in [9.17, 15) is 4.79 Å². The zero-order valence-corrected chi connectivity index (χ0v) is 14.4. The summed E-state index contributed by atoms with van der Waals surface area (Å²) >= 11 is 1.50. The standard InChI is InChI=1S/C18H25N3OS/c22-17(16-11-23-12-19-16)20-1-3-21(4-2-20)18-8-13-5-14(9-18)7-15(6-13)10-18/h11-15H,1-10H2. The molecule has 5 aliphatic rings. The van der Waals surface area contributed by atoms with Gasteiger partial charge in [-0.2, -0.15) is 0 Å². The largest absolute Gasteiger partial charge is 0.335 e. The lowest BCUT2D eigenvalue weighted by Gasteiger charge is -2.61. The van der Waals surface area contributed by atoms with Gasteiger partial charge in [-0.25, -0.2) is 4.98 Å². The lowest BCUT2D eigenvalue weighted by Crippen LogP contribution is -2.64. The van der Waals surface area contributed by atoms with Gasteiger partial charge in [0, 0.05) is 37.1 Å². The second-order valence-corrected chi connectivity index (χ2v) is 9.01. The van der Waals surface area contributed by atoms with Crippen LogP contribution >= 0.6 is 11.3 Å². The van der Waals surface area contributed by atoms with Crippen molar-refractivity contribution in [1.29, 1.82) is 0 Å². The molecule has 1 saturated heterocycles. The third kappa shape index (κ3) is 2.35. The van der Waals surface area contributed by atoms with E-state index in [2.05, 4.69) is 9.88 Å². The van der Waals surface area contributed by atoms with Gasteiger partial charge < -0.3 is 4.90 Å². The van der Waals surface area contributed by atoms with E-state index in [1.54, 1.807) is 5.51 Å². The van der Waals surface area contributed by atoms with E-state index in [1.807, 2.05) is 10.3 Å². The van der Waals surface area contributed by atoms with Crippen LogP contribution in [0.25, 0.3) is 0 Å². The van der Waals surface area contributed by atoms with Gasteiger partial charge in [0.2, 0.25) is 0 Å². The Labute approximate surface area is 141 Å². The van der Waals surface area contributed by atoms with Gasteiger partial charge in [0.05, 0.1) is 5.51 Å². The number of rotatable bonds is 2. The first-order valence-corrected chi connectivity index (χ1v) is 10.1. The topological polar surface area (TPSA) is 36.4 Å². The lowest BCUT2D eigenvalue weighted by atomic mass is 9.52. The van der Waals surface area contributed by atoms with Crippen LogP contribution in [0.5, 0.6) is 0 Å². The zero-order valence-electron chi connectivity index (χ0n) is 13.6. The van der Waals surface area contributed by atoms with Gasteiger partial charge in [-0.1, -0.05) is 0 Å². The molecule has 0 unspecified atom stereocenters. The molecule has 0 atom stereocenters. The highest BCUT2D eigenvalue weighted by molar-refractivity contribution is 7.07. The summed E-state index contributed by atoms with van der Waals surface area (Å²) in [7, 11) is 0. The molecule has 4 bridgehead atoms. The summed E-state index contributed by atoms with van der Waals surface area (Å²) in [4.78, 5) is 21.4. The Morgan fingerprint density at radius 2 is 1.65 bits per heavy atom. The average molecular weight is 331 g/mol. The Kier molecular flexibility index (Phi) is 3.31. The number of aromatic nitrogens is 1. The van der Waals surface area contributed by atoms with E-state index in [4.69, 9.17) is 0 Å². The van der Waals surface area contributed by atoms with Crippen LogP contribution in [0.3, 0.4) is 0 Å². The smallest absolute Gasteiger partial charge is 0.273 e. The Morgan fingerprint density at radius 3 is 2.17 bits per heavy atom. The van der Waals surface area contributed by atoms with Crippen LogP contribution < -0.4 is 0 Å². The molecule has 5 heteroatoms. The fourth-order valence-electron chi connectivity index (χ4n) is 6.32. The molecule has 4 nitrogen and oxygen atoms in total. The van der Waals surface area contributed by atoms with Crippen molar-refractivity contribution in [3.8, 4) is 0 Å². The highest BCUT2D eigenvalue weighted by Crippen LogP contribution is 2.57. The first-order valence-electron chi connectivity index (χ1n) is 9.14. The molecule has 0 radical (unpaired) electrons. The van der Waals surface area contributed by atoms with E-state index in [0.717, 1.165) is 43.9 Å². The van der Waals surface area contributed by atoms with Crippen molar-refractivity contribution >= 4 is 17.2 Å². The SMILES string of the molecule is O=C(c1cscn1)N1CCN(C23CC4CC(CC(C4)C2)C3)CC1. The van der Waals surface area contributed by atoms with Crippen molar-refractivity contribution in [1.82, 2.24) is 14.8 Å². The number of carbonyl (C=O) groups is 1. The molecule has 5 fully saturated rings. The predicted molar refractivity (Wildman–Crippen MR) is 90.5 cm³/mol. The Morgan fingerprint density at radius 1 is 1.04 bits per heavy atom. The minimum absolute atomic E-state index is 0.122. The second kappa shape index (κ2) is 5.28.